The fraction of sp³-hybridized carbons (Fsp3) is 0.0769. The number of hydrogen-bond acceptors (Lipinski definition) is 2. The molecule has 0 aliphatic carbocycles. The molecule has 84 valence electrons. The summed E-state index contributed by atoms with van der Waals surface area (Å²) in [4.78, 5) is 2.79. The summed E-state index contributed by atoms with van der Waals surface area (Å²) in [6.45, 7) is 0.663. The van der Waals surface area contributed by atoms with Crippen LogP contribution in [0.4, 0.5) is 5.69 Å². The number of rotatable bonds is 3. The van der Waals surface area contributed by atoms with Crippen molar-refractivity contribution < 1.29 is 4.98 Å². The van der Waals surface area contributed by atoms with Crippen LogP contribution in [0.3, 0.4) is 0 Å². The Morgan fingerprint density at radius 1 is 1.24 bits per heavy atom. The van der Waals surface area contributed by atoms with Crippen LogP contribution in [0.5, 0.6) is 0 Å². The Bertz CT molecular complexity index is 546. The summed E-state index contributed by atoms with van der Waals surface area (Å²) in [7, 11) is 0. The fourth-order valence-electron chi connectivity index (χ4n) is 1.52. The van der Waals surface area contributed by atoms with Crippen molar-refractivity contribution in [2.24, 2.45) is 0 Å². The maximum Gasteiger partial charge on any atom is 0.293 e. The molecule has 2 N–H and O–H groups in total. The van der Waals surface area contributed by atoms with Crippen LogP contribution >= 0.6 is 11.6 Å². The Hall–Kier alpha value is -2.05. The van der Waals surface area contributed by atoms with E-state index in [1.165, 1.54) is 0 Å². The number of nitriles is 1. The Morgan fingerprint density at radius 2 is 2.00 bits per heavy atom. The molecule has 1 heterocycles. The lowest BCUT2D eigenvalue weighted by molar-refractivity contribution is -0.375. The van der Waals surface area contributed by atoms with E-state index in [2.05, 4.69) is 16.4 Å². The van der Waals surface area contributed by atoms with Gasteiger partial charge in [0.25, 0.3) is 5.15 Å². The van der Waals surface area contributed by atoms with E-state index in [0.717, 1.165) is 11.3 Å². The SMILES string of the molecule is N#Cc1c(NCc2ccccc2)cc[nH+]c1Cl. The minimum atomic E-state index is 0.352. The number of benzene rings is 1. The van der Waals surface area contributed by atoms with E-state index >= 15 is 0 Å². The molecule has 0 aliphatic rings. The molecule has 3 nitrogen and oxygen atoms in total. The Labute approximate surface area is 105 Å². The minimum absolute atomic E-state index is 0.352. The highest BCUT2D eigenvalue weighted by atomic mass is 35.5. The van der Waals surface area contributed by atoms with Gasteiger partial charge in [0.05, 0.1) is 5.69 Å². The van der Waals surface area contributed by atoms with Crippen molar-refractivity contribution in [1.29, 1.82) is 5.26 Å². The first-order valence-corrected chi connectivity index (χ1v) is 5.57. The lowest BCUT2D eigenvalue weighted by Crippen LogP contribution is -2.09. The highest BCUT2D eigenvalue weighted by Crippen LogP contribution is 2.19. The first-order valence-electron chi connectivity index (χ1n) is 5.19. The third kappa shape index (κ3) is 2.74. The molecule has 0 aliphatic heterocycles. The molecule has 0 fully saturated rings. The second-order valence-electron chi connectivity index (χ2n) is 3.53. The number of hydrogen-bond donors (Lipinski definition) is 1. The van der Waals surface area contributed by atoms with Gasteiger partial charge in [0.15, 0.2) is 11.8 Å². The van der Waals surface area contributed by atoms with Crippen LogP contribution < -0.4 is 10.3 Å². The van der Waals surface area contributed by atoms with Gasteiger partial charge < -0.3 is 5.32 Å². The van der Waals surface area contributed by atoms with Crippen LogP contribution in [0.25, 0.3) is 0 Å². The van der Waals surface area contributed by atoms with Crippen molar-refractivity contribution in [1.82, 2.24) is 0 Å². The molecule has 0 bridgehead atoms. The monoisotopic (exact) mass is 244 g/mol. The Morgan fingerprint density at radius 3 is 2.71 bits per heavy atom. The summed E-state index contributed by atoms with van der Waals surface area (Å²) >= 11 is 5.89. The van der Waals surface area contributed by atoms with Gasteiger partial charge in [0, 0.05) is 12.6 Å². The van der Waals surface area contributed by atoms with Crippen LogP contribution in [-0.4, -0.2) is 0 Å². The average molecular weight is 245 g/mol. The first-order chi connectivity index (χ1) is 8.31. The molecular weight excluding hydrogens is 234 g/mol. The van der Waals surface area contributed by atoms with E-state index in [9.17, 15) is 0 Å². The van der Waals surface area contributed by atoms with E-state index < -0.39 is 0 Å². The smallest absolute Gasteiger partial charge is 0.293 e. The average Bonchev–Trinajstić information content (AvgIpc) is 2.37. The molecule has 0 atom stereocenters. The van der Waals surface area contributed by atoms with Crippen molar-refractivity contribution in [3.8, 4) is 6.07 Å². The van der Waals surface area contributed by atoms with Crippen LogP contribution in [0, 0.1) is 11.3 Å². The standard InChI is InChI=1S/C13H10ClN3/c14-13-11(8-15)12(6-7-16-13)17-9-10-4-2-1-3-5-10/h1-7H,9H2,(H,16,17)/p+1. The number of halogens is 1. The zero-order chi connectivity index (χ0) is 12.1. The number of pyridine rings is 1. The van der Waals surface area contributed by atoms with Gasteiger partial charge in [0.2, 0.25) is 0 Å². The van der Waals surface area contributed by atoms with Gasteiger partial charge in [-0.25, -0.2) is 4.98 Å². The number of anilines is 1. The molecule has 0 radical (unpaired) electrons. The zero-order valence-corrected chi connectivity index (χ0v) is 9.83. The van der Waals surface area contributed by atoms with Crippen molar-refractivity contribution in [3.05, 3.63) is 58.9 Å². The Balaban J connectivity index is 2.15. The van der Waals surface area contributed by atoms with Gasteiger partial charge in [-0.2, -0.15) is 5.26 Å². The molecule has 1 aromatic heterocycles. The van der Waals surface area contributed by atoms with Crippen molar-refractivity contribution in [2.75, 3.05) is 5.32 Å². The molecule has 0 unspecified atom stereocenters. The molecule has 2 rings (SSSR count). The first kappa shape index (κ1) is 11.4. The summed E-state index contributed by atoms with van der Waals surface area (Å²) in [5.41, 5.74) is 2.32. The van der Waals surface area contributed by atoms with E-state index in [4.69, 9.17) is 16.9 Å². The lowest BCUT2D eigenvalue weighted by atomic mass is 10.2. The number of nitrogens with zero attached hydrogens (tertiary/aromatic N) is 1. The zero-order valence-electron chi connectivity index (χ0n) is 9.07. The quantitative estimate of drug-likeness (QED) is 0.844. The second kappa shape index (κ2) is 5.33. The molecular formula is C13H11ClN3+. The maximum atomic E-state index is 9.00. The van der Waals surface area contributed by atoms with Crippen LogP contribution in [0.1, 0.15) is 11.1 Å². The van der Waals surface area contributed by atoms with Gasteiger partial charge in [-0.1, -0.05) is 30.3 Å². The molecule has 0 amide bonds. The lowest BCUT2D eigenvalue weighted by Gasteiger charge is -2.06. The molecule has 1 aromatic carbocycles. The van der Waals surface area contributed by atoms with E-state index in [1.807, 2.05) is 30.3 Å². The van der Waals surface area contributed by atoms with Gasteiger partial charge in [-0.15, -0.1) is 0 Å². The van der Waals surface area contributed by atoms with Gasteiger partial charge in [0.1, 0.15) is 6.07 Å². The van der Waals surface area contributed by atoms with Crippen molar-refractivity contribution >= 4 is 17.3 Å². The van der Waals surface area contributed by atoms with Crippen LogP contribution in [0.15, 0.2) is 42.6 Å². The Kier molecular flexibility index (Phi) is 3.59. The molecule has 2 aromatic rings. The normalized spacial score (nSPS) is 9.65. The van der Waals surface area contributed by atoms with Gasteiger partial charge >= 0.3 is 0 Å². The van der Waals surface area contributed by atoms with Gasteiger partial charge in [-0.3, -0.25) is 0 Å². The van der Waals surface area contributed by atoms with Crippen LogP contribution in [0.2, 0.25) is 5.15 Å². The summed E-state index contributed by atoms with van der Waals surface area (Å²) in [5, 5.41) is 12.5. The molecule has 0 saturated heterocycles. The number of aromatic nitrogens is 1. The predicted molar refractivity (Wildman–Crippen MR) is 66.5 cm³/mol. The third-order valence-corrected chi connectivity index (χ3v) is 2.68. The summed E-state index contributed by atoms with van der Waals surface area (Å²) in [6.07, 6.45) is 1.70. The highest BCUT2D eigenvalue weighted by molar-refractivity contribution is 6.29. The molecule has 0 spiro atoms. The number of nitrogens with one attached hydrogen (secondary N) is 2. The minimum Gasteiger partial charge on any atom is -0.379 e. The summed E-state index contributed by atoms with van der Waals surface area (Å²) < 4.78 is 0. The molecule has 0 saturated carbocycles. The van der Waals surface area contributed by atoms with Crippen LogP contribution in [-0.2, 0) is 6.54 Å². The van der Waals surface area contributed by atoms with Crippen molar-refractivity contribution in [2.45, 2.75) is 6.54 Å². The number of H-pyrrole nitrogens is 1. The van der Waals surface area contributed by atoms with Gasteiger partial charge in [-0.05, 0) is 17.2 Å². The van der Waals surface area contributed by atoms with E-state index in [-0.39, 0.29) is 0 Å². The molecule has 17 heavy (non-hydrogen) atoms. The molecule has 4 heteroatoms. The van der Waals surface area contributed by atoms with E-state index in [0.29, 0.717) is 17.3 Å². The predicted octanol–water partition coefficient (Wildman–Crippen LogP) is 2.64. The van der Waals surface area contributed by atoms with Crippen molar-refractivity contribution in [3.63, 3.8) is 0 Å². The number of aromatic amines is 1. The van der Waals surface area contributed by atoms with E-state index in [1.54, 1.807) is 12.3 Å². The maximum absolute atomic E-state index is 9.00. The third-order valence-electron chi connectivity index (χ3n) is 2.39. The highest BCUT2D eigenvalue weighted by Gasteiger charge is 2.11. The summed E-state index contributed by atoms with van der Waals surface area (Å²) in [6, 6.07) is 13.9. The second-order valence-corrected chi connectivity index (χ2v) is 3.91. The topological polar surface area (TPSA) is 50.0 Å². The largest absolute Gasteiger partial charge is 0.379 e. The fourth-order valence-corrected chi connectivity index (χ4v) is 1.73. The summed E-state index contributed by atoms with van der Waals surface area (Å²) in [5.74, 6) is 0.